The molecule has 2 aromatic heterocycles. The van der Waals surface area contributed by atoms with Crippen LogP contribution in [0.3, 0.4) is 0 Å². The van der Waals surface area contributed by atoms with Crippen molar-refractivity contribution in [2.45, 2.75) is 26.3 Å². The number of pyridine rings is 1. The number of nitrogens with zero attached hydrogens (tertiary/aromatic N) is 3. The Hall–Kier alpha value is -1.73. The van der Waals surface area contributed by atoms with E-state index in [0.29, 0.717) is 28.9 Å². The minimum atomic E-state index is -0.00876. The molecule has 0 aromatic carbocycles. The van der Waals surface area contributed by atoms with Gasteiger partial charge in [0.1, 0.15) is 0 Å². The zero-order valence-electron chi connectivity index (χ0n) is 12.3. The highest BCUT2D eigenvalue weighted by Crippen LogP contribution is 2.23. The van der Waals surface area contributed by atoms with Gasteiger partial charge < -0.3 is 14.6 Å². The van der Waals surface area contributed by atoms with Gasteiger partial charge in [0.25, 0.3) is 5.56 Å². The Bertz CT molecular complexity index is 623. The Balaban J connectivity index is 2.16. The Kier molecular flexibility index (Phi) is 5.89. The van der Waals surface area contributed by atoms with E-state index in [-0.39, 0.29) is 5.56 Å². The molecule has 0 aliphatic carbocycles. The number of aromatic nitrogens is 3. The van der Waals surface area contributed by atoms with Gasteiger partial charge in [0.15, 0.2) is 5.01 Å². The summed E-state index contributed by atoms with van der Waals surface area (Å²) in [6.07, 6.45) is 3.87. The third-order valence-electron chi connectivity index (χ3n) is 3.01. The molecule has 7 heteroatoms. The maximum absolute atomic E-state index is 12.4. The highest BCUT2D eigenvalue weighted by Gasteiger charge is 2.11. The Morgan fingerprint density at radius 1 is 1.43 bits per heavy atom. The van der Waals surface area contributed by atoms with E-state index in [1.54, 1.807) is 17.7 Å². The molecular formula is C14H20N4O2S. The number of rotatable bonds is 8. The van der Waals surface area contributed by atoms with E-state index in [0.717, 1.165) is 19.4 Å². The van der Waals surface area contributed by atoms with Crippen LogP contribution in [0, 0.1) is 0 Å². The van der Waals surface area contributed by atoms with Crippen molar-refractivity contribution in [3.05, 3.63) is 28.7 Å². The van der Waals surface area contributed by atoms with Crippen LogP contribution in [0.15, 0.2) is 23.1 Å². The van der Waals surface area contributed by atoms with Crippen LogP contribution in [-0.4, -0.2) is 35.0 Å². The fourth-order valence-corrected chi connectivity index (χ4v) is 2.65. The molecule has 0 spiro atoms. The lowest BCUT2D eigenvalue weighted by Gasteiger charge is -2.05. The highest BCUT2D eigenvalue weighted by atomic mass is 32.1. The molecule has 2 rings (SSSR count). The number of aryl methyl sites for hydroxylation is 1. The van der Waals surface area contributed by atoms with Gasteiger partial charge in [0.2, 0.25) is 5.13 Å². The van der Waals surface area contributed by atoms with Crippen molar-refractivity contribution in [3.8, 4) is 10.6 Å². The summed E-state index contributed by atoms with van der Waals surface area (Å²) < 4.78 is 6.70. The molecule has 0 amide bonds. The molecule has 0 atom stereocenters. The van der Waals surface area contributed by atoms with Crippen LogP contribution in [0.5, 0.6) is 0 Å². The summed E-state index contributed by atoms with van der Waals surface area (Å²) in [5.74, 6) is 0. The van der Waals surface area contributed by atoms with Gasteiger partial charge in [-0.05, 0) is 18.6 Å². The smallest absolute Gasteiger partial charge is 0.260 e. The number of hydrogen-bond donors (Lipinski definition) is 1. The lowest BCUT2D eigenvalue weighted by molar-refractivity contribution is 0.211. The van der Waals surface area contributed by atoms with Crippen LogP contribution in [0.25, 0.3) is 10.6 Å². The molecule has 114 valence electrons. The summed E-state index contributed by atoms with van der Waals surface area (Å²) >= 11 is 1.38. The summed E-state index contributed by atoms with van der Waals surface area (Å²) in [5.41, 5.74) is 0.594. The topological polar surface area (TPSA) is 69.0 Å². The predicted octanol–water partition coefficient (Wildman–Crippen LogP) is 2.23. The molecule has 0 aliphatic rings. The van der Waals surface area contributed by atoms with Crippen LogP contribution in [0.1, 0.15) is 19.8 Å². The largest absolute Gasteiger partial charge is 0.383 e. The van der Waals surface area contributed by atoms with E-state index >= 15 is 0 Å². The van der Waals surface area contributed by atoms with Crippen molar-refractivity contribution in [3.63, 3.8) is 0 Å². The molecule has 2 aromatic rings. The van der Waals surface area contributed by atoms with E-state index < -0.39 is 0 Å². The summed E-state index contributed by atoms with van der Waals surface area (Å²) in [4.78, 5) is 12.4. The first kappa shape index (κ1) is 15.7. The van der Waals surface area contributed by atoms with Crippen LogP contribution in [0.2, 0.25) is 0 Å². The minimum Gasteiger partial charge on any atom is -0.383 e. The fraction of sp³-hybridized carbons (Fsp3) is 0.500. The summed E-state index contributed by atoms with van der Waals surface area (Å²) in [5, 5.41) is 12.6. The first-order valence-corrected chi connectivity index (χ1v) is 7.84. The van der Waals surface area contributed by atoms with E-state index in [1.165, 1.54) is 11.3 Å². The first-order valence-electron chi connectivity index (χ1n) is 7.02. The zero-order chi connectivity index (χ0) is 15.1. The van der Waals surface area contributed by atoms with E-state index in [9.17, 15) is 4.79 Å². The normalized spacial score (nSPS) is 10.8. The molecule has 1 N–H and O–H groups in total. The predicted molar refractivity (Wildman–Crippen MR) is 84.9 cm³/mol. The third-order valence-corrected chi connectivity index (χ3v) is 3.92. The van der Waals surface area contributed by atoms with Crippen molar-refractivity contribution in [1.82, 2.24) is 14.8 Å². The molecule has 2 heterocycles. The fourth-order valence-electron chi connectivity index (χ4n) is 1.87. The van der Waals surface area contributed by atoms with Gasteiger partial charge in [-0.1, -0.05) is 24.7 Å². The van der Waals surface area contributed by atoms with Crippen LogP contribution >= 0.6 is 11.3 Å². The Morgan fingerprint density at radius 2 is 2.29 bits per heavy atom. The monoisotopic (exact) mass is 308 g/mol. The number of anilines is 1. The highest BCUT2D eigenvalue weighted by molar-refractivity contribution is 7.18. The average Bonchev–Trinajstić information content (AvgIpc) is 2.95. The molecule has 21 heavy (non-hydrogen) atoms. The van der Waals surface area contributed by atoms with Crippen molar-refractivity contribution in [1.29, 1.82) is 0 Å². The molecular weight excluding hydrogens is 288 g/mol. The van der Waals surface area contributed by atoms with Crippen molar-refractivity contribution >= 4 is 16.5 Å². The van der Waals surface area contributed by atoms with Gasteiger partial charge >= 0.3 is 0 Å². The lowest BCUT2D eigenvalue weighted by atomic mass is 10.2. The first-order chi connectivity index (χ1) is 10.3. The summed E-state index contributed by atoms with van der Waals surface area (Å²) in [6.45, 7) is 4.11. The maximum atomic E-state index is 12.4. The Labute approximate surface area is 127 Å². The second-order valence-electron chi connectivity index (χ2n) is 4.61. The molecule has 0 unspecified atom stereocenters. The van der Waals surface area contributed by atoms with Gasteiger partial charge in [-0.2, -0.15) is 0 Å². The third kappa shape index (κ3) is 4.12. The van der Waals surface area contributed by atoms with Crippen LogP contribution in [-0.2, 0) is 11.3 Å². The molecule has 0 radical (unpaired) electrons. The second kappa shape index (κ2) is 7.90. The summed E-state index contributed by atoms with van der Waals surface area (Å²) in [7, 11) is 1.65. The van der Waals surface area contributed by atoms with Gasteiger partial charge in [-0.25, -0.2) is 0 Å². The zero-order valence-corrected chi connectivity index (χ0v) is 13.2. The summed E-state index contributed by atoms with van der Waals surface area (Å²) in [6, 6.07) is 3.68. The van der Waals surface area contributed by atoms with Crippen LogP contribution in [0.4, 0.5) is 5.13 Å². The van der Waals surface area contributed by atoms with E-state index in [1.807, 2.05) is 12.3 Å². The second-order valence-corrected chi connectivity index (χ2v) is 5.58. The molecule has 0 fully saturated rings. The number of nitrogens with one attached hydrogen (secondary N) is 1. The number of ether oxygens (including phenoxy) is 1. The van der Waals surface area contributed by atoms with Gasteiger partial charge in [0.05, 0.1) is 12.2 Å². The molecule has 0 aliphatic heterocycles. The average molecular weight is 308 g/mol. The molecule has 0 saturated carbocycles. The van der Waals surface area contributed by atoms with Crippen molar-refractivity contribution in [2.24, 2.45) is 0 Å². The van der Waals surface area contributed by atoms with Gasteiger partial charge in [-0.3, -0.25) is 4.79 Å². The quantitative estimate of drug-likeness (QED) is 0.757. The minimum absolute atomic E-state index is 0.00876. The maximum Gasteiger partial charge on any atom is 0.260 e. The van der Waals surface area contributed by atoms with E-state index in [2.05, 4.69) is 22.4 Å². The van der Waals surface area contributed by atoms with Crippen molar-refractivity contribution < 1.29 is 4.74 Å². The standard InChI is InChI=1S/C14H20N4O2S/c1-3-4-8-18-9-5-6-11(13(18)19)12-16-17-14(21-12)15-7-10-20-2/h5-6,9H,3-4,7-8,10H2,1-2H3,(H,15,17). The number of methoxy groups -OCH3 is 1. The number of hydrogen-bond acceptors (Lipinski definition) is 6. The SMILES string of the molecule is CCCCn1cccc(-c2nnc(NCCOC)s2)c1=O. The Morgan fingerprint density at radius 3 is 3.05 bits per heavy atom. The van der Waals surface area contributed by atoms with Crippen molar-refractivity contribution in [2.75, 3.05) is 25.6 Å². The molecule has 0 bridgehead atoms. The number of unbranched alkanes of at least 4 members (excludes halogenated alkanes) is 1. The lowest BCUT2D eigenvalue weighted by Crippen LogP contribution is -2.20. The van der Waals surface area contributed by atoms with Gasteiger partial charge in [0, 0.05) is 26.4 Å². The molecule has 6 nitrogen and oxygen atoms in total. The van der Waals surface area contributed by atoms with Gasteiger partial charge in [-0.15, -0.1) is 10.2 Å². The van der Waals surface area contributed by atoms with E-state index in [4.69, 9.17) is 4.74 Å². The molecule has 0 saturated heterocycles. The van der Waals surface area contributed by atoms with Crippen LogP contribution < -0.4 is 10.9 Å².